The number of rotatable bonds is 7. The van der Waals surface area contributed by atoms with Gasteiger partial charge in [-0.15, -0.1) is 0 Å². The predicted octanol–water partition coefficient (Wildman–Crippen LogP) is 4.39. The fourth-order valence-electron chi connectivity index (χ4n) is 3.67. The molecule has 0 saturated carbocycles. The highest BCUT2D eigenvalue weighted by molar-refractivity contribution is 9.10. The molecule has 8 nitrogen and oxygen atoms in total. The molecule has 10 heteroatoms. The third kappa shape index (κ3) is 5.51. The number of likely N-dealkylation sites (tertiary alicyclic amines) is 1. The van der Waals surface area contributed by atoms with Crippen LogP contribution in [0.5, 0.6) is 5.75 Å². The molecular formula is C24H21BrN2O6S. The number of benzene rings is 2. The van der Waals surface area contributed by atoms with Crippen LogP contribution in [0, 0.1) is 0 Å². The van der Waals surface area contributed by atoms with Crippen molar-refractivity contribution in [1.82, 2.24) is 9.80 Å². The smallest absolute Gasteiger partial charge is 0.335 e. The van der Waals surface area contributed by atoms with Gasteiger partial charge in [0.2, 0.25) is 5.91 Å². The first-order chi connectivity index (χ1) is 16.3. The van der Waals surface area contributed by atoms with Crippen molar-refractivity contribution in [3.63, 3.8) is 0 Å². The van der Waals surface area contributed by atoms with E-state index in [1.165, 1.54) is 6.07 Å². The van der Waals surface area contributed by atoms with Crippen molar-refractivity contribution >= 4 is 56.8 Å². The molecule has 0 aliphatic carbocycles. The third-order valence-electron chi connectivity index (χ3n) is 5.45. The maximum atomic E-state index is 12.7. The lowest BCUT2D eigenvalue weighted by molar-refractivity contribution is -0.135. The number of carbonyl (C=O) groups excluding carboxylic acids is 3. The number of carbonyl (C=O) groups is 4. The van der Waals surface area contributed by atoms with E-state index in [4.69, 9.17) is 9.84 Å². The molecule has 2 aliphatic heterocycles. The van der Waals surface area contributed by atoms with Gasteiger partial charge in [-0.25, -0.2) is 4.79 Å². The average molecular weight is 545 g/mol. The second-order valence-electron chi connectivity index (χ2n) is 7.84. The topological polar surface area (TPSA) is 104 Å². The molecule has 0 atom stereocenters. The summed E-state index contributed by atoms with van der Waals surface area (Å²) in [4.78, 5) is 51.5. The Morgan fingerprint density at radius 2 is 1.88 bits per heavy atom. The molecule has 0 spiro atoms. The highest BCUT2D eigenvalue weighted by atomic mass is 79.9. The Kier molecular flexibility index (Phi) is 7.38. The zero-order valence-electron chi connectivity index (χ0n) is 18.0. The highest BCUT2D eigenvalue weighted by Crippen LogP contribution is 2.34. The van der Waals surface area contributed by atoms with E-state index in [-0.39, 0.29) is 29.5 Å². The Balaban J connectivity index is 1.41. The van der Waals surface area contributed by atoms with Crippen LogP contribution < -0.4 is 4.74 Å². The van der Waals surface area contributed by atoms with E-state index in [0.29, 0.717) is 34.4 Å². The van der Waals surface area contributed by atoms with E-state index in [0.717, 1.165) is 29.5 Å². The standard InChI is InChI=1S/C24H21BrN2O6S/c25-18-11-15(6-7-19(18)33-14-16-4-3-5-17(10-16)23(30)31)12-20-22(29)27(24(32)34-20)13-21(28)26-8-1-2-9-26/h3-7,10-12H,1-2,8-9,13-14H2,(H,30,31)/b20-12+. The molecule has 3 amide bonds. The molecule has 2 saturated heterocycles. The monoisotopic (exact) mass is 544 g/mol. The molecule has 1 N–H and O–H groups in total. The van der Waals surface area contributed by atoms with Crippen molar-refractivity contribution in [1.29, 1.82) is 0 Å². The first kappa shape index (κ1) is 24.0. The summed E-state index contributed by atoms with van der Waals surface area (Å²) >= 11 is 4.27. The normalized spacial score (nSPS) is 17.0. The van der Waals surface area contributed by atoms with Gasteiger partial charge in [0, 0.05) is 13.1 Å². The number of hydrogen-bond acceptors (Lipinski definition) is 6. The lowest BCUT2D eigenvalue weighted by Crippen LogP contribution is -2.40. The van der Waals surface area contributed by atoms with Gasteiger partial charge in [-0.05, 0) is 82.0 Å². The summed E-state index contributed by atoms with van der Waals surface area (Å²) in [5, 5.41) is 8.66. The van der Waals surface area contributed by atoms with Crippen LogP contribution in [0.3, 0.4) is 0 Å². The van der Waals surface area contributed by atoms with Crippen LogP contribution in [0.25, 0.3) is 6.08 Å². The summed E-state index contributed by atoms with van der Waals surface area (Å²) in [5.74, 6) is -1.14. The van der Waals surface area contributed by atoms with Crippen LogP contribution in [0.15, 0.2) is 51.8 Å². The first-order valence-corrected chi connectivity index (χ1v) is 12.2. The number of amides is 3. The minimum absolute atomic E-state index is 0.184. The van der Waals surface area contributed by atoms with Gasteiger partial charge in [0.15, 0.2) is 0 Å². The van der Waals surface area contributed by atoms with E-state index in [2.05, 4.69) is 15.9 Å². The van der Waals surface area contributed by atoms with Gasteiger partial charge < -0.3 is 14.7 Å². The van der Waals surface area contributed by atoms with Crippen LogP contribution in [-0.2, 0) is 16.2 Å². The second-order valence-corrected chi connectivity index (χ2v) is 9.69. The number of halogens is 1. The van der Waals surface area contributed by atoms with E-state index >= 15 is 0 Å². The number of hydrogen-bond donors (Lipinski definition) is 1. The molecule has 2 aromatic carbocycles. The minimum Gasteiger partial charge on any atom is -0.488 e. The molecule has 4 rings (SSSR count). The summed E-state index contributed by atoms with van der Waals surface area (Å²) in [6, 6.07) is 11.7. The van der Waals surface area contributed by atoms with Crippen molar-refractivity contribution in [3.8, 4) is 5.75 Å². The Bertz CT molecular complexity index is 1190. The Labute approximate surface area is 208 Å². The molecule has 0 radical (unpaired) electrons. The zero-order chi connectivity index (χ0) is 24.2. The molecule has 0 bridgehead atoms. The van der Waals surface area contributed by atoms with Crippen LogP contribution in [0.2, 0.25) is 0 Å². The van der Waals surface area contributed by atoms with Crippen LogP contribution in [0.1, 0.15) is 34.3 Å². The molecule has 2 aliphatic rings. The molecule has 0 aromatic heterocycles. The number of carboxylic acids is 1. The Morgan fingerprint density at radius 3 is 2.59 bits per heavy atom. The number of ether oxygens (including phenoxy) is 1. The van der Waals surface area contributed by atoms with Gasteiger partial charge in [0.25, 0.3) is 11.1 Å². The van der Waals surface area contributed by atoms with Crippen molar-refractivity contribution in [2.24, 2.45) is 0 Å². The SMILES string of the molecule is O=C(O)c1cccc(COc2ccc(/C=C3/SC(=O)N(CC(=O)N4CCCC4)C3=O)cc2Br)c1. The van der Waals surface area contributed by atoms with E-state index < -0.39 is 17.1 Å². The van der Waals surface area contributed by atoms with Gasteiger partial charge in [0.1, 0.15) is 18.9 Å². The third-order valence-corrected chi connectivity index (χ3v) is 6.97. The summed E-state index contributed by atoms with van der Waals surface area (Å²) in [6.45, 7) is 1.28. The fraction of sp³-hybridized carbons (Fsp3) is 0.250. The van der Waals surface area contributed by atoms with Crippen molar-refractivity contribution in [3.05, 3.63) is 68.5 Å². The molecule has 2 heterocycles. The molecule has 34 heavy (non-hydrogen) atoms. The Morgan fingerprint density at radius 1 is 1.12 bits per heavy atom. The lowest BCUT2D eigenvalue weighted by atomic mass is 10.1. The van der Waals surface area contributed by atoms with Gasteiger partial charge in [-0.2, -0.15) is 0 Å². The number of thioether (sulfide) groups is 1. The number of imide groups is 1. The summed E-state index contributed by atoms with van der Waals surface area (Å²) in [6.07, 6.45) is 3.49. The largest absolute Gasteiger partial charge is 0.488 e. The summed E-state index contributed by atoms with van der Waals surface area (Å²) in [5.41, 5.74) is 1.59. The number of aromatic carboxylic acids is 1. The molecule has 2 aromatic rings. The van der Waals surface area contributed by atoms with E-state index in [1.807, 2.05) is 0 Å². The fourth-order valence-corrected chi connectivity index (χ4v) is 5.02. The summed E-state index contributed by atoms with van der Waals surface area (Å²) < 4.78 is 6.43. The molecule has 2 fully saturated rings. The van der Waals surface area contributed by atoms with E-state index in [9.17, 15) is 19.2 Å². The van der Waals surface area contributed by atoms with Gasteiger partial charge >= 0.3 is 5.97 Å². The summed E-state index contributed by atoms with van der Waals surface area (Å²) in [7, 11) is 0. The van der Waals surface area contributed by atoms with Crippen LogP contribution in [0.4, 0.5) is 4.79 Å². The number of nitrogens with zero attached hydrogens (tertiary/aromatic N) is 2. The van der Waals surface area contributed by atoms with Crippen molar-refractivity contribution in [2.45, 2.75) is 19.4 Å². The van der Waals surface area contributed by atoms with E-state index in [1.54, 1.807) is 47.4 Å². The first-order valence-electron chi connectivity index (χ1n) is 10.6. The van der Waals surface area contributed by atoms with Gasteiger partial charge in [-0.3, -0.25) is 19.3 Å². The predicted molar refractivity (Wildman–Crippen MR) is 130 cm³/mol. The van der Waals surface area contributed by atoms with Crippen molar-refractivity contribution in [2.75, 3.05) is 19.6 Å². The zero-order valence-corrected chi connectivity index (χ0v) is 20.4. The molecule has 176 valence electrons. The maximum Gasteiger partial charge on any atom is 0.335 e. The molecule has 0 unspecified atom stereocenters. The number of carboxylic acid groups (broad SMARTS) is 1. The Hall–Kier alpha value is -3.11. The van der Waals surface area contributed by atoms with Gasteiger partial charge in [0.05, 0.1) is 14.9 Å². The van der Waals surface area contributed by atoms with Crippen LogP contribution in [-0.4, -0.2) is 57.6 Å². The van der Waals surface area contributed by atoms with Gasteiger partial charge in [-0.1, -0.05) is 18.2 Å². The highest BCUT2D eigenvalue weighted by Gasteiger charge is 2.37. The minimum atomic E-state index is -1.00. The lowest BCUT2D eigenvalue weighted by Gasteiger charge is -2.18. The maximum absolute atomic E-state index is 12.7. The van der Waals surface area contributed by atoms with Crippen molar-refractivity contribution < 1.29 is 29.0 Å². The quantitative estimate of drug-likeness (QED) is 0.515. The second kappa shape index (κ2) is 10.4. The average Bonchev–Trinajstić information content (AvgIpc) is 3.44. The van der Waals surface area contributed by atoms with Crippen LogP contribution >= 0.6 is 27.7 Å². The molecular weight excluding hydrogens is 524 g/mol.